The van der Waals surface area contributed by atoms with Crippen LogP contribution in [0.5, 0.6) is 0 Å². The molecule has 0 aliphatic rings. The number of furan rings is 2. The van der Waals surface area contributed by atoms with Gasteiger partial charge in [-0.1, -0.05) is 133 Å². The van der Waals surface area contributed by atoms with Gasteiger partial charge in [0.2, 0.25) is 0 Å². The first kappa shape index (κ1) is 43.3. The second-order valence-corrected chi connectivity index (χ2v) is 18.9. The summed E-state index contributed by atoms with van der Waals surface area (Å²) in [5.41, 5.74) is 9.48. The number of benzene rings is 10. The Morgan fingerprint density at radius 3 is 1.46 bits per heavy atom. The summed E-state index contributed by atoms with van der Waals surface area (Å²) < 4.78 is 63.6. The third-order valence-corrected chi connectivity index (χ3v) is 14.6. The van der Waals surface area contributed by atoms with Gasteiger partial charge in [-0.25, -0.2) is 15.0 Å². The van der Waals surface area contributed by atoms with E-state index in [1.807, 2.05) is 158 Å². The van der Waals surface area contributed by atoms with Crippen LogP contribution in [0.4, 0.5) is 13.2 Å². The van der Waals surface area contributed by atoms with Crippen molar-refractivity contribution in [1.29, 1.82) is 5.26 Å². The van der Waals surface area contributed by atoms with Crippen molar-refractivity contribution < 1.29 is 22.0 Å². The Morgan fingerprint density at radius 1 is 0.395 bits per heavy atom. The van der Waals surface area contributed by atoms with Crippen molar-refractivity contribution in [1.82, 2.24) is 24.1 Å². The zero-order valence-corrected chi connectivity index (χ0v) is 39.8. The average Bonchev–Trinajstić information content (AvgIpc) is 4.30. The van der Waals surface area contributed by atoms with Crippen molar-refractivity contribution in [3.8, 4) is 62.7 Å². The topological polar surface area (TPSA) is 98.6 Å². The van der Waals surface area contributed by atoms with Gasteiger partial charge in [0.25, 0.3) is 0 Å². The molecule has 0 radical (unpaired) electrons. The van der Waals surface area contributed by atoms with Gasteiger partial charge in [0, 0.05) is 54.6 Å². The van der Waals surface area contributed by atoms with E-state index in [9.17, 15) is 5.26 Å². The Morgan fingerprint density at radius 2 is 0.882 bits per heavy atom. The van der Waals surface area contributed by atoms with Gasteiger partial charge in [0.1, 0.15) is 22.3 Å². The molecule has 358 valence electrons. The van der Waals surface area contributed by atoms with E-state index in [2.05, 4.69) is 41.0 Å². The number of nitrogens with zero attached hydrogens (tertiary/aromatic N) is 6. The van der Waals surface area contributed by atoms with E-state index in [0.717, 1.165) is 82.8 Å². The Hall–Kier alpha value is -10.3. The lowest BCUT2D eigenvalue weighted by Crippen LogP contribution is -2.11. The highest BCUT2D eigenvalue weighted by Crippen LogP contribution is 2.46. The number of aromatic nitrogens is 5. The quantitative estimate of drug-likeness (QED) is 0.165. The number of rotatable bonds is 6. The normalized spacial score (nSPS) is 12.1. The molecule has 10 aromatic carbocycles. The van der Waals surface area contributed by atoms with Crippen molar-refractivity contribution in [3.05, 3.63) is 223 Å². The van der Waals surface area contributed by atoms with Crippen LogP contribution in [-0.2, 0) is 6.18 Å². The molecule has 0 fully saturated rings. The highest BCUT2D eigenvalue weighted by Gasteiger charge is 2.36. The van der Waals surface area contributed by atoms with Crippen molar-refractivity contribution in [2.24, 2.45) is 0 Å². The van der Waals surface area contributed by atoms with E-state index in [1.165, 1.54) is 12.1 Å². The van der Waals surface area contributed by atoms with Crippen LogP contribution in [0.1, 0.15) is 11.1 Å². The van der Waals surface area contributed by atoms with E-state index in [-0.39, 0.29) is 11.5 Å². The fourth-order valence-corrected chi connectivity index (χ4v) is 11.3. The number of fused-ring (bicyclic) bond motifs is 14. The summed E-state index contributed by atoms with van der Waals surface area (Å²) in [4.78, 5) is 15.3. The second-order valence-electron chi connectivity index (χ2n) is 18.9. The number of halogens is 3. The van der Waals surface area contributed by atoms with Gasteiger partial charge >= 0.3 is 6.18 Å². The first-order chi connectivity index (χ1) is 37.3. The summed E-state index contributed by atoms with van der Waals surface area (Å²) in [6, 6.07) is 68.7. The summed E-state index contributed by atoms with van der Waals surface area (Å²) in [5, 5.41) is 17.3. The highest BCUT2D eigenvalue weighted by atomic mass is 19.4. The predicted molar refractivity (Wildman–Crippen MR) is 295 cm³/mol. The number of hydrogen-bond donors (Lipinski definition) is 0. The molecule has 11 heteroatoms. The van der Waals surface area contributed by atoms with Crippen LogP contribution in [0.3, 0.4) is 0 Å². The molecule has 0 aliphatic carbocycles. The lowest BCUT2D eigenvalue weighted by atomic mass is 9.99. The van der Waals surface area contributed by atoms with Crippen molar-refractivity contribution in [2.45, 2.75) is 6.18 Å². The Kier molecular flexibility index (Phi) is 9.31. The van der Waals surface area contributed by atoms with Gasteiger partial charge in [0.05, 0.1) is 61.4 Å². The summed E-state index contributed by atoms with van der Waals surface area (Å²) in [6.45, 7) is 0. The van der Waals surface area contributed by atoms with E-state index >= 15 is 13.2 Å². The molecule has 0 saturated heterocycles. The van der Waals surface area contributed by atoms with Crippen LogP contribution < -0.4 is 0 Å². The van der Waals surface area contributed by atoms with E-state index in [4.69, 9.17) is 23.8 Å². The number of hydrogen-bond acceptors (Lipinski definition) is 6. The fourth-order valence-electron chi connectivity index (χ4n) is 11.3. The summed E-state index contributed by atoms with van der Waals surface area (Å²) >= 11 is 0. The lowest BCUT2D eigenvalue weighted by Gasteiger charge is -2.18. The smallest absolute Gasteiger partial charge is 0.418 e. The van der Waals surface area contributed by atoms with Crippen LogP contribution in [-0.4, -0.2) is 24.1 Å². The van der Waals surface area contributed by atoms with Crippen LogP contribution >= 0.6 is 0 Å². The molecular weight excluding hydrogens is 954 g/mol. The minimum atomic E-state index is -4.73. The third-order valence-electron chi connectivity index (χ3n) is 14.6. The summed E-state index contributed by atoms with van der Waals surface area (Å²) in [6.07, 6.45) is -4.73. The summed E-state index contributed by atoms with van der Waals surface area (Å²) in [7, 11) is 0. The maximum atomic E-state index is 15.5. The molecule has 0 spiro atoms. The van der Waals surface area contributed by atoms with Crippen molar-refractivity contribution in [3.63, 3.8) is 0 Å². The van der Waals surface area contributed by atoms with Gasteiger partial charge in [0.15, 0.2) is 17.5 Å². The molecule has 0 N–H and O–H groups in total. The SMILES string of the molecule is N#Cc1cccc(-c2ccc(-c3nc(-c4ccccc4)nc(-c4ccc(C(F)(F)F)c(-n5c6ccccc6c6c7oc8ccccc8c7ccc65)c4)n3)cc2-n2c3ccccc3c3c4oc5ccccc5c4ccc32)c1. The second kappa shape index (κ2) is 16.3. The van der Waals surface area contributed by atoms with Crippen LogP contribution in [0.25, 0.3) is 144 Å². The van der Waals surface area contributed by atoms with Crippen LogP contribution in [0, 0.1) is 11.3 Å². The average molecular weight is 989 g/mol. The molecule has 8 nitrogen and oxygen atoms in total. The molecule has 5 aromatic heterocycles. The maximum absolute atomic E-state index is 15.5. The first-order valence-corrected chi connectivity index (χ1v) is 24.6. The van der Waals surface area contributed by atoms with Gasteiger partial charge < -0.3 is 18.0 Å². The molecule has 0 atom stereocenters. The standard InChI is InChI=1S/C65H35F3N6O2/c66-65(67,68)49-30-26-41(35-55(49)74-51-22-9-5-20-48(51)59-53(74)32-29-46-44-18-7-11-24-57(44)76-61(46)59)64-71-62(38-14-2-1-3-15-38)70-63(72-64)40-25-27-42(39-16-12-13-37(33-39)36-69)54(34-40)73-50-21-8-4-19-47(50)58-52(73)31-28-45-43-17-6-10-23-56(43)75-60(45)58/h1-35H. The van der Waals surface area contributed by atoms with Crippen LogP contribution in [0.2, 0.25) is 0 Å². The fraction of sp³-hybridized carbons (Fsp3) is 0.0154. The first-order valence-electron chi connectivity index (χ1n) is 24.6. The molecule has 15 rings (SSSR count). The maximum Gasteiger partial charge on any atom is 0.418 e. The van der Waals surface area contributed by atoms with E-state index < -0.39 is 11.7 Å². The van der Waals surface area contributed by atoms with Gasteiger partial charge in [-0.05, 0) is 84.4 Å². The minimum absolute atomic E-state index is 0.0916. The Labute approximate surface area is 429 Å². The molecule has 5 heterocycles. The predicted octanol–water partition coefficient (Wildman–Crippen LogP) is 17.4. The number of alkyl halides is 3. The molecule has 0 unspecified atom stereocenters. The number of para-hydroxylation sites is 4. The van der Waals surface area contributed by atoms with E-state index in [1.54, 1.807) is 10.6 Å². The van der Waals surface area contributed by atoms with Gasteiger partial charge in [-0.2, -0.15) is 18.4 Å². The van der Waals surface area contributed by atoms with Gasteiger partial charge in [-0.3, -0.25) is 0 Å². The van der Waals surface area contributed by atoms with Crippen LogP contribution in [0.15, 0.2) is 221 Å². The largest absolute Gasteiger partial charge is 0.455 e. The third kappa shape index (κ3) is 6.54. The number of nitriles is 1. The van der Waals surface area contributed by atoms with Crippen molar-refractivity contribution in [2.75, 3.05) is 0 Å². The molecule has 0 bridgehead atoms. The molecular formula is C65H35F3N6O2. The summed E-state index contributed by atoms with van der Waals surface area (Å²) in [5.74, 6) is 0.812. The molecule has 0 aliphatic heterocycles. The van der Waals surface area contributed by atoms with Crippen molar-refractivity contribution >= 4 is 87.5 Å². The Balaban J connectivity index is 0.976. The Bertz CT molecular complexity index is 4960. The molecule has 0 saturated carbocycles. The zero-order valence-electron chi connectivity index (χ0n) is 39.8. The monoisotopic (exact) mass is 988 g/mol. The lowest BCUT2D eigenvalue weighted by molar-refractivity contribution is -0.137. The zero-order chi connectivity index (χ0) is 50.8. The molecule has 76 heavy (non-hydrogen) atoms. The van der Waals surface area contributed by atoms with E-state index in [0.29, 0.717) is 61.5 Å². The highest BCUT2D eigenvalue weighted by molar-refractivity contribution is 6.25. The minimum Gasteiger partial charge on any atom is -0.455 e. The van der Waals surface area contributed by atoms with Gasteiger partial charge in [-0.15, -0.1) is 0 Å². The molecule has 0 amide bonds. The molecule has 15 aromatic rings.